The molecule has 6 nitrogen and oxygen atoms in total. The molecular formula is C32H33Cl4N3O3S. The summed E-state index contributed by atoms with van der Waals surface area (Å²) in [7, 11) is 0. The van der Waals surface area contributed by atoms with Gasteiger partial charge in [-0.25, -0.2) is 4.98 Å². The van der Waals surface area contributed by atoms with E-state index in [4.69, 9.17) is 55.9 Å². The van der Waals surface area contributed by atoms with Crippen molar-refractivity contribution in [1.82, 2.24) is 15.2 Å². The van der Waals surface area contributed by atoms with E-state index in [9.17, 15) is 4.79 Å². The minimum Gasteiger partial charge on any atom is -0.488 e. The van der Waals surface area contributed by atoms with Gasteiger partial charge in [0.05, 0.1) is 38.2 Å². The maximum atomic E-state index is 14.3. The van der Waals surface area contributed by atoms with Crippen LogP contribution in [0.3, 0.4) is 0 Å². The van der Waals surface area contributed by atoms with Crippen LogP contribution in [0.4, 0.5) is 0 Å². The van der Waals surface area contributed by atoms with Crippen molar-refractivity contribution in [2.75, 3.05) is 13.2 Å². The Bertz CT molecular complexity index is 1570. The summed E-state index contributed by atoms with van der Waals surface area (Å²) in [5.74, 6) is 0.563. The number of aryl methyl sites for hydroxylation is 1. The van der Waals surface area contributed by atoms with Crippen LogP contribution >= 0.6 is 57.7 Å². The molecule has 1 aromatic heterocycles. The number of carbonyl (C=O) groups is 1. The lowest BCUT2D eigenvalue weighted by molar-refractivity contribution is -0.128. The molecule has 2 atom stereocenters. The zero-order chi connectivity index (χ0) is 30.2. The van der Waals surface area contributed by atoms with Crippen molar-refractivity contribution in [3.8, 4) is 5.75 Å². The van der Waals surface area contributed by atoms with E-state index in [0.717, 1.165) is 69.8 Å². The van der Waals surface area contributed by atoms with Crippen LogP contribution in [0.2, 0.25) is 20.1 Å². The van der Waals surface area contributed by atoms with Crippen molar-refractivity contribution in [2.24, 2.45) is 0 Å². The molecular weight excluding hydrogens is 648 g/mol. The molecule has 43 heavy (non-hydrogen) atoms. The molecule has 6 rings (SSSR count). The fourth-order valence-electron chi connectivity index (χ4n) is 5.87. The standard InChI is InChI=1S/C32H33Cl4N3O3S/c1-17-12-24(34)31(29(35)18(17)2)42-11-10-41-16-27-37-14-26(43-27)22-13-20-6-9-25(38-20)28(22)32(40)39(21-7-8-21)15-19-4-3-5-23(33)30(19)36/h3-5,12,14,20-21,25,38H,6-11,13,15-16H2,1-2H3. The number of nitrogens with zero attached hydrogens (tertiary/aromatic N) is 2. The maximum absolute atomic E-state index is 14.3. The first-order chi connectivity index (χ1) is 20.7. The first-order valence-corrected chi connectivity index (χ1v) is 16.9. The van der Waals surface area contributed by atoms with Crippen LogP contribution in [0.25, 0.3) is 5.57 Å². The average Bonchev–Trinajstić information content (AvgIpc) is 3.60. The highest BCUT2D eigenvalue weighted by atomic mass is 35.5. The van der Waals surface area contributed by atoms with Gasteiger partial charge in [-0.2, -0.15) is 0 Å². The quantitative estimate of drug-likeness (QED) is 0.206. The van der Waals surface area contributed by atoms with Crippen LogP contribution in [0.1, 0.15) is 58.7 Å². The molecule has 1 aliphatic carbocycles. The van der Waals surface area contributed by atoms with Gasteiger partial charge >= 0.3 is 0 Å². The van der Waals surface area contributed by atoms with Gasteiger partial charge in [-0.15, -0.1) is 11.3 Å². The molecule has 0 spiro atoms. The van der Waals surface area contributed by atoms with Gasteiger partial charge in [-0.3, -0.25) is 4.79 Å². The van der Waals surface area contributed by atoms with Gasteiger partial charge in [0.25, 0.3) is 5.91 Å². The molecule has 228 valence electrons. The summed E-state index contributed by atoms with van der Waals surface area (Å²) in [5.41, 5.74) is 4.80. The molecule has 2 unspecified atom stereocenters. The van der Waals surface area contributed by atoms with Crippen LogP contribution in [-0.2, 0) is 22.7 Å². The minimum absolute atomic E-state index is 0.0420. The van der Waals surface area contributed by atoms with Crippen molar-refractivity contribution in [1.29, 1.82) is 0 Å². The third-order valence-electron chi connectivity index (χ3n) is 8.45. The Morgan fingerprint density at radius 1 is 1.07 bits per heavy atom. The number of benzene rings is 2. The van der Waals surface area contributed by atoms with E-state index >= 15 is 0 Å². The molecule has 1 amide bonds. The monoisotopic (exact) mass is 679 g/mol. The van der Waals surface area contributed by atoms with Crippen molar-refractivity contribution < 1.29 is 14.3 Å². The minimum atomic E-state index is 0.0420. The molecule has 3 aromatic rings. The van der Waals surface area contributed by atoms with E-state index in [-0.39, 0.29) is 18.0 Å². The van der Waals surface area contributed by atoms with E-state index in [0.29, 0.717) is 58.2 Å². The summed E-state index contributed by atoms with van der Waals surface area (Å²) in [6.07, 6.45) is 6.70. The Balaban J connectivity index is 1.15. The Morgan fingerprint density at radius 3 is 2.67 bits per heavy atom. The first-order valence-electron chi connectivity index (χ1n) is 14.5. The number of carbonyl (C=O) groups excluding carboxylic acids is 1. The number of fused-ring (bicyclic) bond motifs is 2. The average molecular weight is 682 g/mol. The highest BCUT2D eigenvalue weighted by Crippen LogP contribution is 2.42. The fraction of sp³-hybridized carbons (Fsp3) is 0.438. The Hall–Kier alpha value is -1.84. The molecule has 1 saturated carbocycles. The van der Waals surface area contributed by atoms with Gasteiger partial charge in [0.1, 0.15) is 11.6 Å². The topological polar surface area (TPSA) is 63.7 Å². The predicted molar refractivity (Wildman–Crippen MR) is 175 cm³/mol. The molecule has 3 aliphatic rings. The smallest absolute Gasteiger partial charge is 0.252 e. The lowest BCUT2D eigenvalue weighted by atomic mass is 9.93. The van der Waals surface area contributed by atoms with Gasteiger partial charge in [0, 0.05) is 36.4 Å². The van der Waals surface area contributed by atoms with Gasteiger partial charge in [-0.05, 0) is 80.3 Å². The third-order valence-corrected chi connectivity index (χ3v) is 11.1. The van der Waals surface area contributed by atoms with Crippen molar-refractivity contribution >= 4 is 69.2 Å². The van der Waals surface area contributed by atoms with E-state index in [2.05, 4.69) is 10.3 Å². The molecule has 1 N–H and O–H groups in total. The zero-order valence-corrected chi connectivity index (χ0v) is 27.9. The van der Waals surface area contributed by atoms with Crippen molar-refractivity contribution in [3.05, 3.63) is 82.7 Å². The summed E-state index contributed by atoms with van der Waals surface area (Å²) in [6.45, 7) is 5.37. The second kappa shape index (κ2) is 13.3. The SMILES string of the molecule is Cc1cc(Cl)c(OCCOCc2ncc(C3=C(C(=O)N(Cc4cccc(Cl)c4Cl)C4CC4)C4CCC(C3)N4)s2)c(Cl)c1C. The van der Waals surface area contributed by atoms with E-state index < -0.39 is 0 Å². The van der Waals surface area contributed by atoms with Gasteiger partial charge in [0.15, 0.2) is 5.75 Å². The van der Waals surface area contributed by atoms with Crippen LogP contribution in [0, 0.1) is 13.8 Å². The largest absolute Gasteiger partial charge is 0.488 e. The second-order valence-electron chi connectivity index (χ2n) is 11.4. The number of nitrogens with one attached hydrogen (secondary N) is 1. The summed E-state index contributed by atoms with van der Waals surface area (Å²) in [5, 5.41) is 6.56. The highest BCUT2D eigenvalue weighted by molar-refractivity contribution is 7.12. The molecule has 2 fully saturated rings. The number of aromatic nitrogens is 1. The fourth-order valence-corrected chi connectivity index (χ4v) is 7.84. The van der Waals surface area contributed by atoms with E-state index in [1.54, 1.807) is 17.4 Å². The lowest BCUT2D eigenvalue weighted by Gasteiger charge is -2.31. The molecule has 3 heterocycles. The van der Waals surface area contributed by atoms with Crippen molar-refractivity contribution in [2.45, 2.75) is 77.2 Å². The van der Waals surface area contributed by atoms with Crippen LogP contribution < -0.4 is 10.1 Å². The normalized spacial score (nSPS) is 19.7. The van der Waals surface area contributed by atoms with Crippen molar-refractivity contribution in [3.63, 3.8) is 0 Å². The molecule has 2 bridgehead atoms. The van der Waals surface area contributed by atoms with Gasteiger partial charge < -0.3 is 19.7 Å². The van der Waals surface area contributed by atoms with Crippen LogP contribution in [-0.4, -0.2) is 47.1 Å². The number of ether oxygens (including phenoxy) is 2. The number of amides is 1. The molecule has 2 aliphatic heterocycles. The van der Waals surface area contributed by atoms with E-state index in [1.165, 1.54) is 0 Å². The van der Waals surface area contributed by atoms with Crippen LogP contribution in [0.15, 0.2) is 36.0 Å². The number of halogens is 4. The Labute approximate surface area is 276 Å². The summed E-state index contributed by atoms with van der Waals surface area (Å²) < 4.78 is 11.7. The zero-order valence-electron chi connectivity index (χ0n) is 24.0. The molecule has 11 heteroatoms. The summed E-state index contributed by atoms with van der Waals surface area (Å²) in [6, 6.07) is 8.09. The predicted octanol–water partition coefficient (Wildman–Crippen LogP) is 8.44. The Morgan fingerprint density at radius 2 is 1.88 bits per heavy atom. The molecule has 2 aromatic carbocycles. The summed E-state index contributed by atoms with van der Waals surface area (Å²) >= 11 is 27.2. The number of rotatable bonds is 11. The highest BCUT2D eigenvalue weighted by Gasteiger charge is 2.42. The number of hydrogen-bond acceptors (Lipinski definition) is 6. The summed E-state index contributed by atoms with van der Waals surface area (Å²) in [4.78, 5) is 21.9. The number of hydrogen-bond donors (Lipinski definition) is 1. The number of thiazole rings is 1. The lowest BCUT2D eigenvalue weighted by Crippen LogP contribution is -2.44. The Kier molecular flexibility index (Phi) is 9.60. The van der Waals surface area contributed by atoms with Gasteiger partial charge in [0.2, 0.25) is 0 Å². The second-order valence-corrected chi connectivity index (χ2v) is 14.1. The third kappa shape index (κ3) is 6.74. The molecule has 1 saturated heterocycles. The molecule has 0 radical (unpaired) electrons. The first kappa shape index (κ1) is 31.2. The maximum Gasteiger partial charge on any atom is 0.252 e. The van der Waals surface area contributed by atoms with Crippen LogP contribution in [0.5, 0.6) is 5.75 Å². The van der Waals surface area contributed by atoms with Gasteiger partial charge in [-0.1, -0.05) is 58.5 Å². The van der Waals surface area contributed by atoms with E-state index in [1.807, 2.05) is 43.1 Å².